The highest BCUT2D eigenvalue weighted by molar-refractivity contribution is 7.99. The molecule has 0 spiro atoms. The first-order valence-electron chi connectivity index (χ1n) is 7.20. The van der Waals surface area contributed by atoms with E-state index < -0.39 is 0 Å². The molecule has 4 rings (SSSR count). The zero-order valence-corrected chi connectivity index (χ0v) is 12.0. The van der Waals surface area contributed by atoms with Crippen LogP contribution < -0.4 is 0 Å². The van der Waals surface area contributed by atoms with E-state index in [1.54, 1.807) is 0 Å². The predicted octanol–water partition coefficient (Wildman–Crippen LogP) is 2.07. The lowest BCUT2D eigenvalue weighted by atomic mass is 9.90. The maximum atomic E-state index is 5.52. The van der Waals surface area contributed by atoms with Crippen LogP contribution in [0.25, 0.3) is 0 Å². The predicted molar refractivity (Wildman–Crippen MR) is 74.7 cm³/mol. The van der Waals surface area contributed by atoms with Crippen molar-refractivity contribution in [2.75, 3.05) is 11.5 Å². The number of hydrogen-bond acceptors (Lipinski definition) is 6. The van der Waals surface area contributed by atoms with Crippen LogP contribution in [0.15, 0.2) is 4.52 Å². The first kappa shape index (κ1) is 12.4. The molecule has 0 bridgehead atoms. The lowest BCUT2D eigenvalue weighted by Gasteiger charge is -2.18. The smallest absolute Gasteiger partial charge is 0.230 e. The Labute approximate surface area is 121 Å². The lowest BCUT2D eigenvalue weighted by molar-refractivity contribution is 0.333. The number of thioether (sulfide) groups is 1. The van der Waals surface area contributed by atoms with Gasteiger partial charge >= 0.3 is 0 Å². The van der Waals surface area contributed by atoms with Crippen LogP contribution in [-0.4, -0.2) is 37.1 Å². The van der Waals surface area contributed by atoms with Crippen molar-refractivity contribution in [1.82, 2.24) is 25.6 Å². The van der Waals surface area contributed by atoms with Crippen LogP contribution >= 0.6 is 11.8 Å². The molecule has 1 fully saturated rings. The summed E-state index contributed by atoms with van der Waals surface area (Å²) in [4.78, 5) is 4.67. The standard InChI is InChI=1S/C13H17N5OS/c1-2-10-11(16-18-15-10)7-9(1)13-14-12(17-19-13)8-3-5-20-6-4-8/h8-9H,1-7H2,(H,15,16,18). The van der Waals surface area contributed by atoms with Crippen LogP contribution in [0.4, 0.5) is 0 Å². The van der Waals surface area contributed by atoms with Crippen molar-refractivity contribution in [3.63, 3.8) is 0 Å². The van der Waals surface area contributed by atoms with Gasteiger partial charge in [-0.3, -0.25) is 0 Å². The molecule has 2 aromatic rings. The van der Waals surface area contributed by atoms with Gasteiger partial charge in [-0.15, -0.1) is 0 Å². The Hall–Kier alpha value is -1.37. The second kappa shape index (κ2) is 5.20. The SMILES string of the molecule is C1CC(c2noc(C3CCc4n[nH]nc4C3)n2)CCS1. The summed E-state index contributed by atoms with van der Waals surface area (Å²) in [6.45, 7) is 0. The van der Waals surface area contributed by atoms with Crippen molar-refractivity contribution in [2.45, 2.75) is 43.9 Å². The normalized spacial score (nSPS) is 23.7. The molecule has 1 atom stereocenters. The Kier molecular flexibility index (Phi) is 3.22. The Bertz CT molecular complexity index is 589. The molecule has 1 N–H and O–H groups in total. The summed E-state index contributed by atoms with van der Waals surface area (Å²) < 4.78 is 5.52. The second-order valence-electron chi connectivity index (χ2n) is 5.53. The van der Waals surface area contributed by atoms with Gasteiger partial charge in [0, 0.05) is 18.3 Å². The molecule has 1 saturated heterocycles. The third kappa shape index (κ3) is 2.24. The number of aromatic amines is 1. The van der Waals surface area contributed by atoms with Gasteiger partial charge in [0.2, 0.25) is 5.89 Å². The minimum atomic E-state index is 0.298. The van der Waals surface area contributed by atoms with Crippen LogP contribution in [-0.2, 0) is 12.8 Å². The fraction of sp³-hybridized carbons (Fsp3) is 0.692. The summed E-state index contributed by atoms with van der Waals surface area (Å²) in [6.07, 6.45) is 5.15. The van der Waals surface area contributed by atoms with Gasteiger partial charge in [-0.25, -0.2) is 0 Å². The lowest BCUT2D eigenvalue weighted by Crippen LogP contribution is -2.13. The molecular formula is C13H17N5OS. The molecule has 2 aliphatic rings. The molecule has 106 valence electrons. The minimum absolute atomic E-state index is 0.298. The monoisotopic (exact) mass is 291 g/mol. The molecule has 1 aliphatic heterocycles. The van der Waals surface area contributed by atoms with Crippen LogP contribution in [0.3, 0.4) is 0 Å². The molecule has 1 unspecified atom stereocenters. The molecule has 6 nitrogen and oxygen atoms in total. The van der Waals surface area contributed by atoms with E-state index in [9.17, 15) is 0 Å². The highest BCUT2D eigenvalue weighted by Crippen LogP contribution is 2.33. The molecule has 3 heterocycles. The van der Waals surface area contributed by atoms with E-state index in [4.69, 9.17) is 4.52 Å². The Morgan fingerprint density at radius 2 is 1.90 bits per heavy atom. The summed E-state index contributed by atoms with van der Waals surface area (Å²) in [5, 5.41) is 15.3. The Morgan fingerprint density at radius 3 is 2.80 bits per heavy atom. The van der Waals surface area contributed by atoms with E-state index in [0.717, 1.165) is 42.4 Å². The molecule has 0 radical (unpaired) electrons. The summed E-state index contributed by atoms with van der Waals surface area (Å²) in [5.41, 5.74) is 2.14. The second-order valence-corrected chi connectivity index (χ2v) is 6.76. The van der Waals surface area contributed by atoms with Crippen molar-refractivity contribution in [3.8, 4) is 0 Å². The third-order valence-corrected chi connectivity index (χ3v) is 5.31. The van der Waals surface area contributed by atoms with Gasteiger partial charge in [0.1, 0.15) is 0 Å². The highest BCUT2D eigenvalue weighted by atomic mass is 32.2. The molecule has 2 aromatic heterocycles. The Morgan fingerprint density at radius 1 is 1.05 bits per heavy atom. The number of nitrogens with one attached hydrogen (secondary N) is 1. The summed E-state index contributed by atoms with van der Waals surface area (Å²) in [5.74, 6) is 4.89. The number of aryl methyl sites for hydroxylation is 1. The zero-order chi connectivity index (χ0) is 13.4. The molecule has 0 amide bonds. The summed E-state index contributed by atoms with van der Waals surface area (Å²) in [7, 11) is 0. The van der Waals surface area contributed by atoms with Gasteiger partial charge in [-0.05, 0) is 37.2 Å². The average molecular weight is 291 g/mol. The quantitative estimate of drug-likeness (QED) is 0.912. The van der Waals surface area contributed by atoms with Crippen LogP contribution in [0.2, 0.25) is 0 Å². The minimum Gasteiger partial charge on any atom is -0.339 e. The van der Waals surface area contributed by atoms with Crippen molar-refractivity contribution in [1.29, 1.82) is 0 Å². The zero-order valence-electron chi connectivity index (χ0n) is 11.2. The van der Waals surface area contributed by atoms with Gasteiger partial charge in [-0.2, -0.15) is 32.2 Å². The molecule has 20 heavy (non-hydrogen) atoms. The van der Waals surface area contributed by atoms with E-state index in [1.807, 2.05) is 11.8 Å². The van der Waals surface area contributed by atoms with Crippen LogP contribution in [0, 0.1) is 0 Å². The first-order chi connectivity index (χ1) is 9.90. The Balaban J connectivity index is 1.51. The van der Waals surface area contributed by atoms with Crippen LogP contribution in [0.1, 0.15) is 54.2 Å². The number of hydrogen-bond donors (Lipinski definition) is 1. The van der Waals surface area contributed by atoms with E-state index in [1.165, 1.54) is 24.3 Å². The fourth-order valence-electron chi connectivity index (χ4n) is 3.03. The molecule has 0 aromatic carbocycles. The van der Waals surface area contributed by atoms with E-state index in [0.29, 0.717) is 11.8 Å². The maximum absolute atomic E-state index is 5.52. The number of H-pyrrole nitrogens is 1. The summed E-state index contributed by atoms with van der Waals surface area (Å²) >= 11 is 2.02. The number of nitrogens with zero attached hydrogens (tertiary/aromatic N) is 4. The van der Waals surface area contributed by atoms with Gasteiger partial charge in [-0.1, -0.05) is 5.16 Å². The van der Waals surface area contributed by atoms with Crippen molar-refractivity contribution in [2.24, 2.45) is 0 Å². The largest absolute Gasteiger partial charge is 0.339 e. The molecule has 7 heteroatoms. The van der Waals surface area contributed by atoms with Crippen molar-refractivity contribution >= 4 is 11.8 Å². The molecule has 1 aliphatic carbocycles. The van der Waals surface area contributed by atoms with Crippen molar-refractivity contribution in [3.05, 3.63) is 23.1 Å². The fourth-order valence-corrected chi connectivity index (χ4v) is 4.14. The third-order valence-electron chi connectivity index (χ3n) is 4.27. The van der Waals surface area contributed by atoms with Gasteiger partial charge in [0.15, 0.2) is 5.82 Å². The number of rotatable bonds is 2. The average Bonchev–Trinajstić information content (AvgIpc) is 3.16. The summed E-state index contributed by atoms with van der Waals surface area (Å²) in [6, 6.07) is 0. The number of aromatic nitrogens is 5. The van der Waals surface area contributed by atoms with Gasteiger partial charge in [0.05, 0.1) is 11.4 Å². The van der Waals surface area contributed by atoms with E-state index >= 15 is 0 Å². The number of fused-ring (bicyclic) bond motifs is 1. The van der Waals surface area contributed by atoms with Gasteiger partial charge in [0.25, 0.3) is 0 Å². The van der Waals surface area contributed by atoms with Crippen molar-refractivity contribution < 1.29 is 4.52 Å². The molecular weight excluding hydrogens is 274 g/mol. The van der Waals surface area contributed by atoms with E-state index in [2.05, 4.69) is 25.6 Å². The van der Waals surface area contributed by atoms with Crippen LogP contribution in [0.5, 0.6) is 0 Å². The van der Waals surface area contributed by atoms with E-state index in [-0.39, 0.29) is 0 Å². The van der Waals surface area contributed by atoms with Gasteiger partial charge < -0.3 is 4.52 Å². The maximum Gasteiger partial charge on any atom is 0.230 e. The first-order valence-corrected chi connectivity index (χ1v) is 8.35. The highest BCUT2D eigenvalue weighted by Gasteiger charge is 2.29. The molecule has 0 saturated carbocycles. The topological polar surface area (TPSA) is 80.5 Å².